The molecule has 19 heavy (non-hydrogen) atoms. The van der Waals surface area contributed by atoms with Gasteiger partial charge in [0, 0.05) is 9.50 Å². The third-order valence-electron chi connectivity index (χ3n) is 3.29. The fourth-order valence-corrected chi connectivity index (χ4v) is 2.85. The average Bonchev–Trinajstić information content (AvgIpc) is 2.40. The van der Waals surface area contributed by atoms with Gasteiger partial charge in [-0.25, -0.2) is 0 Å². The molecule has 1 unspecified atom stereocenters. The van der Waals surface area contributed by atoms with Gasteiger partial charge in [-0.1, -0.05) is 33.6 Å². The number of nitrogens with one attached hydrogen (secondary N) is 1. The van der Waals surface area contributed by atoms with Gasteiger partial charge < -0.3 is 10.1 Å². The lowest BCUT2D eigenvalue weighted by Crippen LogP contribution is -2.24. The van der Waals surface area contributed by atoms with E-state index >= 15 is 0 Å². The lowest BCUT2D eigenvalue weighted by atomic mass is 10.0. The Kier molecular flexibility index (Phi) is 3.42. The maximum atomic E-state index is 6.02. The predicted molar refractivity (Wildman–Crippen MR) is 82.2 cm³/mol. The van der Waals surface area contributed by atoms with Crippen molar-refractivity contribution in [3.63, 3.8) is 0 Å². The highest BCUT2D eigenvalue weighted by molar-refractivity contribution is 9.10. The van der Waals surface area contributed by atoms with Gasteiger partial charge in [0.05, 0.1) is 11.7 Å². The summed E-state index contributed by atoms with van der Waals surface area (Å²) >= 11 is 9.54. The fraction of sp³-hybridized carbons (Fsp3) is 0.200. The summed E-state index contributed by atoms with van der Waals surface area (Å²) < 4.78 is 6.88. The van der Waals surface area contributed by atoms with Crippen LogP contribution in [-0.2, 0) is 0 Å². The number of halogens is 2. The van der Waals surface area contributed by atoms with Crippen LogP contribution in [-0.4, -0.2) is 6.61 Å². The first-order valence-electron chi connectivity index (χ1n) is 6.08. The Morgan fingerprint density at radius 1 is 1.26 bits per heavy atom. The fourth-order valence-electron chi connectivity index (χ4n) is 2.30. The molecule has 0 saturated heterocycles. The van der Waals surface area contributed by atoms with E-state index in [0.717, 1.165) is 15.9 Å². The van der Waals surface area contributed by atoms with Gasteiger partial charge in [0.2, 0.25) is 0 Å². The Balaban J connectivity index is 1.95. The molecule has 2 nitrogen and oxygen atoms in total. The monoisotopic (exact) mass is 337 g/mol. The highest BCUT2D eigenvalue weighted by atomic mass is 79.9. The lowest BCUT2D eigenvalue weighted by Gasteiger charge is -2.29. The van der Waals surface area contributed by atoms with E-state index in [1.165, 1.54) is 11.1 Å². The Morgan fingerprint density at radius 2 is 2.11 bits per heavy atom. The van der Waals surface area contributed by atoms with Crippen molar-refractivity contribution in [2.75, 3.05) is 11.9 Å². The van der Waals surface area contributed by atoms with Crippen molar-refractivity contribution in [1.82, 2.24) is 0 Å². The van der Waals surface area contributed by atoms with E-state index in [0.29, 0.717) is 11.6 Å². The van der Waals surface area contributed by atoms with Gasteiger partial charge >= 0.3 is 0 Å². The standard InChI is InChI=1S/C15H13BrClNO/c1-9-2-3-10(16)6-12(9)14-8-19-15-5-4-11(17)7-13(15)18-14/h2-7,14,18H,8H2,1H3. The molecule has 0 spiro atoms. The number of benzene rings is 2. The molecule has 2 aromatic rings. The number of fused-ring (bicyclic) bond motifs is 1. The van der Waals surface area contributed by atoms with Crippen LogP contribution in [0.1, 0.15) is 17.2 Å². The van der Waals surface area contributed by atoms with Crippen LogP contribution in [0.15, 0.2) is 40.9 Å². The first kappa shape index (κ1) is 12.8. The zero-order chi connectivity index (χ0) is 13.4. The summed E-state index contributed by atoms with van der Waals surface area (Å²) in [4.78, 5) is 0. The smallest absolute Gasteiger partial charge is 0.142 e. The van der Waals surface area contributed by atoms with Crippen molar-refractivity contribution in [2.45, 2.75) is 13.0 Å². The lowest BCUT2D eigenvalue weighted by molar-refractivity contribution is 0.286. The van der Waals surface area contributed by atoms with Gasteiger partial charge in [0.15, 0.2) is 0 Å². The number of anilines is 1. The van der Waals surface area contributed by atoms with Crippen LogP contribution >= 0.6 is 27.5 Å². The van der Waals surface area contributed by atoms with Crippen molar-refractivity contribution >= 4 is 33.2 Å². The van der Waals surface area contributed by atoms with Crippen molar-refractivity contribution in [1.29, 1.82) is 0 Å². The van der Waals surface area contributed by atoms with Gasteiger partial charge in [0.1, 0.15) is 12.4 Å². The molecule has 0 saturated carbocycles. The van der Waals surface area contributed by atoms with E-state index in [4.69, 9.17) is 16.3 Å². The average molecular weight is 339 g/mol. The Bertz CT molecular complexity index is 630. The van der Waals surface area contributed by atoms with Crippen molar-refractivity contribution in [2.24, 2.45) is 0 Å². The van der Waals surface area contributed by atoms with Gasteiger partial charge in [0.25, 0.3) is 0 Å². The molecular formula is C15H13BrClNO. The minimum Gasteiger partial charge on any atom is -0.489 e. The summed E-state index contributed by atoms with van der Waals surface area (Å²) in [5.41, 5.74) is 3.43. The van der Waals surface area contributed by atoms with E-state index in [1.54, 1.807) is 0 Å². The Morgan fingerprint density at radius 3 is 2.95 bits per heavy atom. The van der Waals surface area contributed by atoms with Crippen LogP contribution in [0.2, 0.25) is 5.02 Å². The minimum atomic E-state index is 0.142. The molecule has 0 fully saturated rings. The Hall–Kier alpha value is -1.19. The molecule has 0 bridgehead atoms. The van der Waals surface area contributed by atoms with E-state index < -0.39 is 0 Å². The highest BCUT2D eigenvalue weighted by Crippen LogP contribution is 2.36. The second-order valence-electron chi connectivity index (χ2n) is 4.65. The maximum Gasteiger partial charge on any atom is 0.142 e. The number of rotatable bonds is 1. The van der Waals surface area contributed by atoms with Crippen LogP contribution in [0.3, 0.4) is 0 Å². The second-order valence-corrected chi connectivity index (χ2v) is 6.00. The highest BCUT2D eigenvalue weighted by Gasteiger charge is 2.22. The molecule has 1 atom stereocenters. The molecule has 0 aromatic heterocycles. The van der Waals surface area contributed by atoms with E-state index in [1.807, 2.05) is 24.3 Å². The molecule has 3 rings (SSSR count). The van der Waals surface area contributed by atoms with Gasteiger partial charge in [-0.3, -0.25) is 0 Å². The van der Waals surface area contributed by atoms with Crippen LogP contribution < -0.4 is 10.1 Å². The summed E-state index contributed by atoms with van der Waals surface area (Å²) in [6.45, 7) is 2.73. The summed E-state index contributed by atoms with van der Waals surface area (Å²) in [7, 11) is 0. The van der Waals surface area contributed by atoms with E-state index in [9.17, 15) is 0 Å². The molecule has 0 radical (unpaired) electrons. The predicted octanol–water partition coefficient (Wildman–Crippen LogP) is 4.96. The third kappa shape index (κ3) is 2.58. The number of hydrogen-bond acceptors (Lipinski definition) is 2. The minimum absolute atomic E-state index is 0.142. The SMILES string of the molecule is Cc1ccc(Br)cc1C1COc2ccc(Cl)cc2N1. The van der Waals surface area contributed by atoms with E-state index in [-0.39, 0.29) is 6.04 Å². The Labute approximate surface area is 125 Å². The zero-order valence-corrected chi connectivity index (χ0v) is 12.8. The first-order valence-corrected chi connectivity index (χ1v) is 7.25. The van der Waals surface area contributed by atoms with Gasteiger partial charge in [-0.2, -0.15) is 0 Å². The molecule has 1 heterocycles. The number of ether oxygens (including phenoxy) is 1. The normalized spacial score (nSPS) is 17.3. The molecule has 1 aliphatic heterocycles. The van der Waals surface area contributed by atoms with Crippen molar-refractivity contribution in [3.05, 3.63) is 57.0 Å². The van der Waals surface area contributed by atoms with Crippen molar-refractivity contribution < 1.29 is 4.74 Å². The molecule has 98 valence electrons. The maximum absolute atomic E-state index is 6.02. The van der Waals surface area contributed by atoms with Crippen molar-refractivity contribution in [3.8, 4) is 5.75 Å². The van der Waals surface area contributed by atoms with Crippen LogP contribution in [0, 0.1) is 6.92 Å². The number of aryl methyl sites for hydroxylation is 1. The summed E-state index contributed by atoms with van der Waals surface area (Å²) in [6, 6.07) is 12.1. The third-order valence-corrected chi connectivity index (χ3v) is 4.02. The summed E-state index contributed by atoms with van der Waals surface area (Å²) in [5.74, 6) is 0.855. The largest absolute Gasteiger partial charge is 0.489 e. The number of hydrogen-bond donors (Lipinski definition) is 1. The molecule has 2 aromatic carbocycles. The van der Waals surface area contributed by atoms with Crippen LogP contribution in [0.25, 0.3) is 0 Å². The summed E-state index contributed by atoms with van der Waals surface area (Å²) in [6.07, 6.45) is 0. The molecule has 1 N–H and O–H groups in total. The van der Waals surface area contributed by atoms with Gasteiger partial charge in [-0.15, -0.1) is 0 Å². The zero-order valence-electron chi connectivity index (χ0n) is 10.4. The van der Waals surface area contributed by atoms with Crippen LogP contribution in [0.4, 0.5) is 5.69 Å². The topological polar surface area (TPSA) is 21.3 Å². The van der Waals surface area contributed by atoms with E-state index in [2.05, 4.69) is 40.3 Å². The molecule has 0 aliphatic carbocycles. The van der Waals surface area contributed by atoms with Gasteiger partial charge in [-0.05, 0) is 48.4 Å². The summed E-state index contributed by atoms with van der Waals surface area (Å²) in [5, 5.41) is 4.20. The van der Waals surface area contributed by atoms with Crippen LogP contribution in [0.5, 0.6) is 5.75 Å². The molecular weight excluding hydrogens is 326 g/mol. The molecule has 4 heteroatoms. The first-order chi connectivity index (χ1) is 9.13. The second kappa shape index (κ2) is 5.06. The molecule has 1 aliphatic rings. The quantitative estimate of drug-likeness (QED) is 0.794. The molecule has 0 amide bonds.